The van der Waals surface area contributed by atoms with Crippen molar-refractivity contribution in [2.45, 2.75) is 19.2 Å². The molecule has 0 radical (unpaired) electrons. The highest BCUT2D eigenvalue weighted by Gasteiger charge is 2.49. The number of carbonyl (C=O) groups is 1. The van der Waals surface area contributed by atoms with Gasteiger partial charge in [0.1, 0.15) is 12.4 Å². The van der Waals surface area contributed by atoms with Gasteiger partial charge in [-0.3, -0.25) is 10.0 Å². The van der Waals surface area contributed by atoms with E-state index < -0.39 is 23.8 Å². The monoisotopic (exact) mass is 411 g/mol. The highest BCUT2D eigenvalue weighted by Crippen LogP contribution is 2.40. The summed E-state index contributed by atoms with van der Waals surface area (Å²) in [6, 6.07) is 2.88. The number of halogens is 4. The number of ether oxygens (including phenoxy) is 3. The van der Waals surface area contributed by atoms with Crippen LogP contribution < -0.4 is 10.4 Å². The van der Waals surface area contributed by atoms with Crippen LogP contribution in [0.4, 0.5) is 13.2 Å². The van der Waals surface area contributed by atoms with E-state index in [1.165, 1.54) is 17.8 Å². The van der Waals surface area contributed by atoms with Gasteiger partial charge in [-0.05, 0) is 30.7 Å². The molecule has 150 valence electrons. The number of hydrogen-bond donors (Lipinski definition) is 2. The Hall–Kier alpha value is -1.85. The summed E-state index contributed by atoms with van der Waals surface area (Å²) >= 11 is 5.92. The molecule has 0 saturated carbocycles. The third-order valence-electron chi connectivity index (χ3n) is 3.49. The van der Waals surface area contributed by atoms with Crippen LogP contribution in [-0.2, 0) is 19.1 Å². The third-order valence-corrected chi connectivity index (χ3v) is 3.70. The molecule has 0 bridgehead atoms. The maximum atomic E-state index is 13.4. The van der Waals surface area contributed by atoms with Crippen molar-refractivity contribution in [1.82, 2.24) is 5.64 Å². The fraction of sp³-hybridized carbons (Fsp3) is 0.438. The van der Waals surface area contributed by atoms with E-state index in [9.17, 15) is 18.0 Å². The normalized spacial score (nSPS) is 16.4. The number of nitrogens with one attached hydrogen (secondary N) is 1. The van der Waals surface area contributed by atoms with Crippen molar-refractivity contribution in [1.29, 1.82) is 0 Å². The van der Waals surface area contributed by atoms with Crippen LogP contribution in [0.5, 0.6) is 5.75 Å². The van der Waals surface area contributed by atoms with Crippen LogP contribution in [0.25, 0.3) is 6.08 Å². The minimum atomic E-state index is -4.81. The molecule has 11 heteroatoms. The van der Waals surface area contributed by atoms with Gasteiger partial charge in [0.05, 0.1) is 25.4 Å². The first kappa shape index (κ1) is 21.5. The summed E-state index contributed by atoms with van der Waals surface area (Å²) in [5.74, 6) is -1.16. The molecule has 1 aromatic rings. The molecule has 7 nitrogen and oxygen atoms in total. The van der Waals surface area contributed by atoms with Crippen LogP contribution >= 0.6 is 11.6 Å². The Bertz CT molecular complexity index is 710. The molecule has 1 atom stereocenters. The summed E-state index contributed by atoms with van der Waals surface area (Å²) in [7, 11) is 0. The second-order valence-corrected chi connectivity index (χ2v) is 5.90. The molecule has 27 heavy (non-hydrogen) atoms. The first-order valence-electron chi connectivity index (χ1n) is 7.75. The minimum absolute atomic E-state index is 0.0131. The Labute approximate surface area is 157 Å². The second kappa shape index (κ2) is 9.38. The van der Waals surface area contributed by atoms with Gasteiger partial charge in [0, 0.05) is 10.6 Å². The number of esters is 1. The highest BCUT2D eigenvalue weighted by molar-refractivity contribution is 6.30. The van der Waals surface area contributed by atoms with Crippen molar-refractivity contribution < 1.29 is 42.2 Å². The molecule has 1 aliphatic rings. The first-order valence-corrected chi connectivity index (χ1v) is 8.12. The third kappa shape index (κ3) is 5.81. The fourth-order valence-corrected chi connectivity index (χ4v) is 2.66. The zero-order valence-electron chi connectivity index (χ0n) is 14.1. The fourth-order valence-electron chi connectivity index (χ4n) is 2.38. The maximum Gasteiger partial charge on any atom is 0.430 e. The molecule has 0 aliphatic carbocycles. The molecule has 1 aromatic carbocycles. The summed E-state index contributed by atoms with van der Waals surface area (Å²) in [5.41, 5.74) is 1.46. The lowest BCUT2D eigenvalue weighted by molar-refractivity contribution is -0.188. The average Bonchev–Trinajstić information content (AvgIpc) is 2.58. The molecule has 0 spiro atoms. The minimum Gasteiger partial charge on any atom is -0.475 e. The van der Waals surface area contributed by atoms with E-state index >= 15 is 0 Å². The Morgan fingerprint density at radius 1 is 1.30 bits per heavy atom. The Kier molecular flexibility index (Phi) is 7.45. The summed E-state index contributed by atoms with van der Waals surface area (Å²) in [4.78, 5) is 16.5. The topological polar surface area (TPSA) is 86.3 Å². The van der Waals surface area contributed by atoms with Crippen LogP contribution in [0.2, 0.25) is 5.02 Å². The molecule has 1 aliphatic heterocycles. The number of hydrogen-bond acceptors (Lipinski definition) is 7. The number of benzene rings is 1. The van der Waals surface area contributed by atoms with Crippen molar-refractivity contribution in [3.8, 4) is 5.75 Å². The second-order valence-electron chi connectivity index (χ2n) is 5.47. The molecule has 0 fully saturated rings. The molecule has 0 saturated heterocycles. The van der Waals surface area contributed by atoms with E-state index in [0.29, 0.717) is 10.6 Å². The van der Waals surface area contributed by atoms with Crippen molar-refractivity contribution >= 4 is 23.6 Å². The summed E-state index contributed by atoms with van der Waals surface area (Å²) in [6.45, 7) is 1.33. The number of aryl methyl sites for hydroxylation is 1. The number of carbonyl (C=O) groups excluding carboxylic acids is 1. The highest BCUT2D eigenvalue weighted by atomic mass is 35.5. The summed E-state index contributed by atoms with van der Waals surface area (Å²) < 4.78 is 55.0. The van der Waals surface area contributed by atoms with E-state index in [1.807, 2.05) is 0 Å². The van der Waals surface area contributed by atoms with Gasteiger partial charge >= 0.3 is 12.1 Å². The quantitative estimate of drug-likeness (QED) is 0.386. The van der Waals surface area contributed by atoms with Crippen molar-refractivity contribution in [3.05, 3.63) is 33.9 Å². The first-order chi connectivity index (χ1) is 12.7. The molecule has 2 rings (SSSR count). The van der Waals surface area contributed by atoms with E-state index in [4.69, 9.17) is 31.0 Å². The lowest BCUT2D eigenvalue weighted by Crippen LogP contribution is -2.41. The number of fused-ring (bicyclic) bond motifs is 1. The van der Waals surface area contributed by atoms with Crippen molar-refractivity contribution in [2.24, 2.45) is 0 Å². The Balaban J connectivity index is 2.08. The van der Waals surface area contributed by atoms with Crippen LogP contribution in [0.1, 0.15) is 11.1 Å². The molecule has 1 unspecified atom stereocenters. The van der Waals surface area contributed by atoms with Gasteiger partial charge in [-0.2, -0.15) is 13.2 Å². The summed E-state index contributed by atoms with van der Waals surface area (Å²) in [6.07, 6.45) is -6.18. The lowest BCUT2D eigenvalue weighted by atomic mass is 9.99. The van der Waals surface area contributed by atoms with E-state index in [1.54, 1.807) is 6.92 Å². The molecule has 0 aromatic heterocycles. The van der Waals surface area contributed by atoms with Crippen LogP contribution in [0.3, 0.4) is 0 Å². The smallest absolute Gasteiger partial charge is 0.430 e. The van der Waals surface area contributed by atoms with Gasteiger partial charge < -0.3 is 14.2 Å². The zero-order valence-corrected chi connectivity index (χ0v) is 14.9. The molecule has 0 amide bonds. The van der Waals surface area contributed by atoms with E-state index in [0.717, 1.165) is 6.08 Å². The van der Waals surface area contributed by atoms with Gasteiger partial charge in [0.2, 0.25) is 6.10 Å². The van der Waals surface area contributed by atoms with Crippen molar-refractivity contribution in [3.63, 3.8) is 0 Å². The lowest BCUT2D eigenvalue weighted by Gasteiger charge is -2.29. The van der Waals surface area contributed by atoms with Gasteiger partial charge in [-0.1, -0.05) is 17.2 Å². The predicted molar refractivity (Wildman–Crippen MR) is 87.3 cm³/mol. The van der Waals surface area contributed by atoms with Crippen molar-refractivity contribution in [2.75, 3.05) is 26.4 Å². The average molecular weight is 412 g/mol. The number of rotatable bonds is 8. The van der Waals surface area contributed by atoms with Gasteiger partial charge in [0.15, 0.2) is 0 Å². The van der Waals surface area contributed by atoms with Gasteiger partial charge in [0.25, 0.3) is 0 Å². The Morgan fingerprint density at radius 2 is 2.00 bits per heavy atom. The zero-order chi connectivity index (χ0) is 20.0. The van der Waals surface area contributed by atoms with E-state index in [2.05, 4.69) is 4.84 Å². The van der Waals surface area contributed by atoms with Crippen LogP contribution in [-0.4, -0.2) is 49.9 Å². The van der Waals surface area contributed by atoms with Gasteiger partial charge in [-0.15, -0.1) is 0 Å². The predicted octanol–water partition coefficient (Wildman–Crippen LogP) is 2.83. The number of alkyl halides is 3. The van der Waals surface area contributed by atoms with Gasteiger partial charge in [-0.25, -0.2) is 4.79 Å². The maximum absolute atomic E-state index is 13.4. The molecular weight excluding hydrogens is 395 g/mol. The molecule has 2 N–H and O–H groups in total. The molecule has 1 heterocycles. The standard InChI is InChI=1S/C16H17ClF3NO6/c1-9-6-11(17)7-10-8-12(14(16(18,19)20)27-13(9)10)15(22)25-4-2-24-3-5-26-21-23/h6-8,14,21,23H,2-5H2,1H3. The molecular formula is C16H17ClF3NO6. The Morgan fingerprint density at radius 3 is 2.67 bits per heavy atom. The van der Waals surface area contributed by atoms with E-state index in [-0.39, 0.29) is 37.7 Å². The largest absolute Gasteiger partial charge is 0.475 e. The summed E-state index contributed by atoms with van der Waals surface area (Å²) in [5, 5.41) is 8.47. The van der Waals surface area contributed by atoms with Crippen LogP contribution in [0.15, 0.2) is 17.7 Å². The van der Waals surface area contributed by atoms with Crippen LogP contribution in [0, 0.1) is 6.92 Å². The SMILES string of the molecule is Cc1cc(Cl)cc2c1OC(C(F)(F)F)C(C(=O)OCCOCCONO)=C2.